The molecule has 0 aromatic carbocycles. The quantitative estimate of drug-likeness (QED) is 0.736. The highest BCUT2D eigenvalue weighted by atomic mass is 79.9. The number of carbonyl (C=O) groups excluding carboxylic acids is 1. The number of carbonyl (C=O) groups is 1. The van der Waals surface area contributed by atoms with Crippen molar-refractivity contribution in [1.82, 2.24) is 4.90 Å². The summed E-state index contributed by atoms with van der Waals surface area (Å²) < 4.78 is 22.2. The Morgan fingerprint density at radius 1 is 1.50 bits per heavy atom. The highest BCUT2D eigenvalue weighted by Crippen LogP contribution is 2.23. The summed E-state index contributed by atoms with van der Waals surface area (Å²) in [4.78, 5) is 13.3. The molecule has 1 aliphatic heterocycles. The lowest BCUT2D eigenvalue weighted by Crippen LogP contribution is -2.50. The van der Waals surface area contributed by atoms with E-state index in [0.717, 1.165) is 12.8 Å². The summed E-state index contributed by atoms with van der Waals surface area (Å²) >= 11 is 3.31. The molecule has 0 radical (unpaired) electrons. The first-order valence-electron chi connectivity index (χ1n) is 5.27. The Balaban J connectivity index is 2.78. The molecule has 1 heterocycles. The summed E-state index contributed by atoms with van der Waals surface area (Å²) in [5, 5.41) is 0. The largest absolute Gasteiger partial charge is 0.340 e. The Hall–Kier alpha value is -0.100. The molecule has 0 N–H and O–H groups in total. The number of hydrogen-bond donors (Lipinski definition) is 0. The Kier molecular flexibility index (Phi) is 4.05. The molecule has 0 bridgehead atoms. The van der Waals surface area contributed by atoms with Crippen molar-refractivity contribution < 1.29 is 13.2 Å². The van der Waals surface area contributed by atoms with E-state index < -0.39 is 14.6 Å². The first-order valence-corrected chi connectivity index (χ1v) is 8.08. The van der Waals surface area contributed by atoms with Crippen LogP contribution >= 0.6 is 15.9 Å². The lowest BCUT2D eigenvalue weighted by molar-refractivity contribution is -0.132. The lowest BCUT2D eigenvalue weighted by Gasteiger charge is -2.35. The predicted octanol–water partition coefficient (Wildman–Crippen LogP) is 1.20. The first kappa shape index (κ1) is 14.0. The van der Waals surface area contributed by atoms with Crippen LogP contribution in [0.3, 0.4) is 0 Å². The van der Waals surface area contributed by atoms with Crippen LogP contribution in [0.4, 0.5) is 0 Å². The smallest absolute Gasteiger partial charge is 0.236 e. The molecule has 0 aliphatic carbocycles. The van der Waals surface area contributed by atoms with Crippen molar-refractivity contribution in [3.63, 3.8) is 0 Å². The average Bonchev–Trinajstić information content (AvgIpc) is 2.11. The molecule has 6 heteroatoms. The molecule has 1 amide bonds. The highest BCUT2D eigenvalue weighted by Gasteiger charge is 2.36. The highest BCUT2D eigenvalue weighted by molar-refractivity contribution is 9.10. The van der Waals surface area contributed by atoms with Crippen LogP contribution in [0.1, 0.15) is 26.7 Å². The van der Waals surface area contributed by atoms with Crippen LogP contribution in [0.5, 0.6) is 0 Å². The lowest BCUT2D eigenvalue weighted by atomic mass is 10.1. The van der Waals surface area contributed by atoms with E-state index in [1.54, 1.807) is 18.7 Å². The van der Waals surface area contributed by atoms with Crippen molar-refractivity contribution in [1.29, 1.82) is 0 Å². The molecule has 1 rings (SSSR count). The van der Waals surface area contributed by atoms with E-state index in [0.29, 0.717) is 6.54 Å². The maximum Gasteiger partial charge on any atom is 0.236 e. The van der Waals surface area contributed by atoms with E-state index in [2.05, 4.69) is 15.9 Å². The molecule has 1 unspecified atom stereocenters. The minimum absolute atomic E-state index is 0.00275. The maximum absolute atomic E-state index is 11.8. The van der Waals surface area contributed by atoms with Gasteiger partial charge in [0.15, 0.2) is 9.84 Å². The van der Waals surface area contributed by atoms with E-state index in [1.807, 2.05) is 0 Å². The fourth-order valence-electron chi connectivity index (χ4n) is 1.63. The van der Waals surface area contributed by atoms with Crippen molar-refractivity contribution in [2.45, 2.75) is 36.3 Å². The number of hydrogen-bond acceptors (Lipinski definition) is 3. The van der Waals surface area contributed by atoms with Crippen LogP contribution in [0.2, 0.25) is 0 Å². The fraction of sp³-hybridized carbons (Fsp3) is 0.900. The van der Waals surface area contributed by atoms with Gasteiger partial charge in [-0.25, -0.2) is 8.42 Å². The van der Waals surface area contributed by atoms with E-state index in [9.17, 15) is 13.2 Å². The monoisotopic (exact) mass is 311 g/mol. The van der Waals surface area contributed by atoms with Crippen molar-refractivity contribution in [2.75, 3.05) is 19.3 Å². The minimum Gasteiger partial charge on any atom is -0.340 e. The number of piperidine rings is 1. The molecule has 1 aliphatic rings. The predicted molar refractivity (Wildman–Crippen MR) is 67.5 cm³/mol. The third kappa shape index (κ3) is 2.97. The number of sulfone groups is 1. The molecule has 0 spiro atoms. The van der Waals surface area contributed by atoms with Crippen molar-refractivity contribution in [3.05, 3.63) is 0 Å². The molecule has 1 saturated heterocycles. The Labute approximate surface area is 105 Å². The zero-order chi connectivity index (χ0) is 12.6. The Bertz CT molecular complexity index is 378. The molecule has 0 aromatic rings. The second-order valence-electron chi connectivity index (χ2n) is 4.90. The molecule has 16 heavy (non-hydrogen) atoms. The van der Waals surface area contributed by atoms with E-state index in [4.69, 9.17) is 0 Å². The summed E-state index contributed by atoms with van der Waals surface area (Å²) in [5.41, 5.74) is 0. The van der Waals surface area contributed by atoms with Crippen molar-refractivity contribution >= 4 is 31.7 Å². The normalized spacial score (nSPS) is 23.6. The summed E-state index contributed by atoms with van der Waals surface area (Å²) in [6.07, 6.45) is 2.96. The van der Waals surface area contributed by atoms with Crippen LogP contribution < -0.4 is 0 Å². The molecule has 94 valence electrons. The molecule has 4 nitrogen and oxygen atoms in total. The van der Waals surface area contributed by atoms with Gasteiger partial charge in [0.2, 0.25) is 5.91 Å². The number of rotatable bonds is 3. The van der Waals surface area contributed by atoms with Gasteiger partial charge in [-0.1, -0.05) is 15.9 Å². The zero-order valence-electron chi connectivity index (χ0n) is 9.86. The van der Waals surface area contributed by atoms with Crippen LogP contribution in [0.15, 0.2) is 0 Å². The molecule has 0 aromatic heterocycles. The van der Waals surface area contributed by atoms with Gasteiger partial charge in [-0.15, -0.1) is 0 Å². The van der Waals surface area contributed by atoms with Crippen molar-refractivity contribution in [3.8, 4) is 0 Å². The Morgan fingerprint density at radius 2 is 2.06 bits per heavy atom. The number of alkyl halides is 1. The molecule has 0 saturated carbocycles. The summed E-state index contributed by atoms with van der Waals surface area (Å²) in [6, 6.07) is 0. The third-order valence-electron chi connectivity index (χ3n) is 3.04. The van der Waals surface area contributed by atoms with E-state index >= 15 is 0 Å². The van der Waals surface area contributed by atoms with Gasteiger partial charge >= 0.3 is 0 Å². The number of amides is 1. The average molecular weight is 312 g/mol. The third-order valence-corrected chi connectivity index (χ3v) is 6.03. The Morgan fingerprint density at radius 3 is 2.56 bits per heavy atom. The van der Waals surface area contributed by atoms with Crippen LogP contribution in [-0.2, 0) is 14.6 Å². The SMILES string of the molecule is CC(C)(CN1CCCC(Br)C1=O)S(C)(=O)=O. The van der Waals surface area contributed by atoms with E-state index in [1.165, 1.54) is 6.26 Å². The zero-order valence-corrected chi connectivity index (χ0v) is 12.3. The van der Waals surface area contributed by atoms with Gasteiger partial charge < -0.3 is 4.90 Å². The molecular weight excluding hydrogens is 294 g/mol. The molecule has 1 atom stereocenters. The fourth-order valence-corrected chi connectivity index (χ4v) is 2.63. The van der Waals surface area contributed by atoms with Crippen LogP contribution in [0, 0.1) is 0 Å². The molecular formula is C10H18BrNO3S. The number of likely N-dealkylation sites (tertiary alicyclic amines) is 1. The van der Waals surface area contributed by atoms with Crippen LogP contribution in [-0.4, -0.2) is 48.1 Å². The van der Waals surface area contributed by atoms with Gasteiger partial charge in [0.25, 0.3) is 0 Å². The van der Waals surface area contributed by atoms with Gasteiger partial charge in [0, 0.05) is 19.3 Å². The van der Waals surface area contributed by atoms with Gasteiger partial charge in [-0.05, 0) is 26.7 Å². The van der Waals surface area contributed by atoms with Gasteiger partial charge in [-0.3, -0.25) is 4.79 Å². The van der Waals surface area contributed by atoms with Crippen molar-refractivity contribution in [2.24, 2.45) is 0 Å². The second kappa shape index (κ2) is 4.64. The number of halogens is 1. The first-order chi connectivity index (χ1) is 7.15. The summed E-state index contributed by atoms with van der Waals surface area (Å²) in [5.74, 6) is 0.00275. The van der Waals surface area contributed by atoms with Crippen LogP contribution in [0.25, 0.3) is 0 Å². The number of nitrogens with zero attached hydrogens (tertiary/aromatic N) is 1. The topological polar surface area (TPSA) is 54.5 Å². The second-order valence-corrected chi connectivity index (χ2v) is 8.66. The van der Waals surface area contributed by atoms with Gasteiger partial charge in [0.1, 0.15) is 0 Å². The summed E-state index contributed by atoms with van der Waals surface area (Å²) in [6.45, 7) is 4.24. The molecule has 1 fully saturated rings. The van der Waals surface area contributed by atoms with Gasteiger partial charge in [0.05, 0.1) is 9.57 Å². The standard InChI is InChI=1S/C10H18BrNO3S/c1-10(2,16(3,14)15)7-12-6-4-5-8(11)9(12)13/h8H,4-7H2,1-3H3. The maximum atomic E-state index is 11.8. The van der Waals surface area contributed by atoms with E-state index in [-0.39, 0.29) is 17.3 Å². The summed E-state index contributed by atoms with van der Waals surface area (Å²) in [7, 11) is -3.15. The minimum atomic E-state index is -3.15. The van der Waals surface area contributed by atoms with Gasteiger partial charge in [-0.2, -0.15) is 0 Å².